The summed E-state index contributed by atoms with van der Waals surface area (Å²) in [5.74, 6) is -0.00781. The highest BCUT2D eigenvalue weighted by molar-refractivity contribution is 9.10. The van der Waals surface area contributed by atoms with Gasteiger partial charge in [-0.25, -0.2) is 4.98 Å². The Balaban J connectivity index is 2.17. The molecule has 86 valence electrons. The molecule has 6 heteroatoms. The minimum absolute atomic E-state index is 0.0557. The van der Waals surface area contributed by atoms with Crippen LogP contribution in [0.15, 0.2) is 41.3 Å². The third-order valence-corrected chi connectivity index (χ3v) is 2.38. The molecule has 0 saturated heterocycles. The largest absolute Gasteiger partial charge is 0.506 e. The Labute approximate surface area is 106 Å². The van der Waals surface area contributed by atoms with Gasteiger partial charge in [0.15, 0.2) is 0 Å². The molecule has 0 aromatic carbocycles. The summed E-state index contributed by atoms with van der Waals surface area (Å²) in [6, 6.07) is 6.51. The Morgan fingerprint density at radius 1 is 1.35 bits per heavy atom. The lowest BCUT2D eigenvalue weighted by Gasteiger charge is -2.04. The molecule has 1 amide bonds. The van der Waals surface area contributed by atoms with Crippen LogP contribution in [0.4, 0.5) is 5.82 Å². The van der Waals surface area contributed by atoms with E-state index in [2.05, 4.69) is 31.2 Å². The zero-order valence-corrected chi connectivity index (χ0v) is 10.2. The molecule has 2 aromatic rings. The summed E-state index contributed by atoms with van der Waals surface area (Å²) < 4.78 is 0.629. The number of hydrogen-bond donors (Lipinski definition) is 2. The van der Waals surface area contributed by atoms with Crippen LogP contribution in [0.25, 0.3) is 0 Å². The van der Waals surface area contributed by atoms with Crippen LogP contribution in [0, 0.1) is 0 Å². The summed E-state index contributed by atoms with van der Waals surface area (Å²) >= 11 is 3.21. The molecule has 2 heterocycles. The summed E-state index contributed by atoms with van der Waals surface area (Å²) in [6.45, 7) is 0. The summed E-state index contributed by atoms with van der Waals surface area (Å²) in [6.07, 6.45) is 2.63. The summed E-state index contributed by atoms with van der Waals surface area (Å²) in [7, 11) is 0. The minimum atomic E-state index is -0.376. The second kappa shape index (κ2) is 4.92. The van der Waals surface area contributed by atoms with E-state index in [1.54, 1.807) is 18.2 Å². The highest BCUT2D eigenvalue weighted by Gasteiger charge is 2.07. The second-order valence-corrected chi connectivity index (χ2v) is 4.04. The Morgan fingerprint density at radius 3 is 2.88 bits per heavy atom. The van der Waals surface area contributed by atoms with Crippen molar-refractivity contribution in [3.05, 3.63) is 46.8 Å². The normalized spacial score (nSPS) is 9.94. The third kappa shape index (κ3) is 3.01. The quantitative estimate of drug-likeness (QED) is 0.833. The number of hydrogen-bond acceptors (Lipinski definition) is 4. The SMILES string of the molecule is O=C(Nc1cccc(Br)n1)c1cncc(O)c1. The Hall–Kier alpha value is -1.95. The number of aromatic nitrogens is 2. The predicted molar refractivity (Wildman–Crippen MR) is 65.8 cm³/mol. The number of halogens is 1. The number of carbonyl (C=O) groups is 1. The van der Waals surface area contributed by atoms with E-state index in [-0.39, 0.29) is 17.2 Å². The molecule has 0 unspecified atom stereocenters. The van der Waals surface area contributed by atoms with Gasteiger partial charge in [0.1, 0.15) is 16.2 Å². The molecule has 0 aliphatic rings. The van der Waals surface area contributed by atoms with Crippen LogP contribution in [0.2, 0.25) is 0 Å². The molecule has 2 aromatic heterocycles. The van der Waals surface area contributed by atoms with Gasteiger partial charge in [-0.05, 0) is 34.1 Å². The lowest BCUT2D eigenvalue weighted by Crippen LogP contribution is -2.13. The van der Waals surface area contributed by atoms with E-state index in [0.29, 0.717) is 10.4 Å². The van der Waals surface area contributed by atoms with Gasteiger partial charge in [-0.15, -0.1) is 0 Å². The first-order chi connectivity index (χ1) is 8.15. The monoisotopic (exact) mass is 293 g/mol. The van der Waals surface area contributed by atoms with Gasteiger partial charge in [0.2, 0.25) is 0 Å². The van der Waals surface area contributed by atoms with E-state index in [4.69, 9.17) is 0 Å². The average molecular weight is 294 g/mol. The van der Waals surface area contributed by atoms with Crippen molar-refractivity contribution in [2.24, 2.45) is 0 Å². The molecular weight excluding hydrogens is 286 g/mol. The van der Waals surface area contributed by atoms with Crippen LogP contribution in [-0.4, -0.2) is 21.0 Å². The van der Waals surface area contributed by atoms with E-state index >= 15 is 0 Å². The fraction of sp³-hybridized carbons (Fsp3) is 0. The van der Waals surface area contributed by atoms with E-state index in [1.165, 1.54) is 18.5 Å². The smallest absolute Gasteiger partial charge is 0.258 e. The lowest BCUT2D eigenvalue weighted by molar-refractivity contribution is 0.102. The van der Waals surface area contributed by atoms with E-state index in [1.807, 2.05) is 0 Å². The van der Waals surface area contributed by atoms with Gasteiger partial charge < -0.3 is 10.4 Å². The highest BCUT2D eigenvalue weighted by atomic mass is 79.9. The Bertz CT molecular complexity index is 560. The van der Waals surface area contributed by atoms with Gasteiger partial charge in [-0.3, -0.25) is 9.78 Å². The molecule has 17 heavy (non-hydrogen) atoms. The maximum absolute atomic E-state index is 11.8. The lowest BCUT2D eigenvalue weighted by atomic mass is 10.2. The predicted octanol–water partition coefficient (Wildman–Crippen LogP) is 2.20. The van der Waals surface area contributed by atoms with Gasteiger partial charge >= 0.3 is 0 Å². The maximum atomic E-state index is 11.8. The first-order valence-corrected chi connectivity index (χ1v) is 5.52. The molecule has 0 fully saturated rings. The molecule has 2 rings (SSSR count). The minimum Gasteiger partial charge on any atom is -0.506 e. The van der Waals surface area contributed by atoms with Crippen molar-refractivity contribution in [1.29, 1.82) is 0 Å². The number of rotatable bonds is 2. The fourth-order valence-corrected chi connectivity index (χ4v) is 1.56. The van der Waals surface area contributed by atoms with Gasteiger partial charge in [-0.2, -0.15) is 0 Å². The van der Waals surface area contributed by atoms with Crippen molar-refractivity contribution < 1.29 is 9.90 Å². The van der Waals surface area contributed by atoms with Crippen LogP contribution in [0.1, 0.15) is 10.4 Å². The molecule has 2 N–H and O–H groups in total. The van der Waals surface area contributed by atoms with Crippen molar-refractivity contribution in [2.75, 3.05) is 5.32 Å². The maximum Gasteiger partial charge on any atom is 0.258 e. The number of nitrogens with zero attached hydrogens (tertiary/aromatic N) is 2. The molecule has 5 nitrogen and oxygen atoms in total. The van der Waals surface area contributed by atoms with Gasteiger partial charge in [-0.1, -0.05) is 6.07 Å². The molecule has 0 bridgehead atoms. The first-order valence-electron chi connectivity index (χ1n) is 4.73. The van der Waals surface area contributed by atoms with Crippen molar-refractivity contribution >= 4 is 27.7 Å². The van der Waals surface area contributed by atoms with Crippen LogP contribution in [0.3, 0.4) is 0 Å². The first kappa shape index (κ1) is 11.5. The van der Waals surface area contributed by atoms with Crippen molar-refractivity contribution in [3.8, 4) is 5.75 Å². The fourth-order valence-electron chi connectivity index (χ4n) is 1.22. The van der Waals surface area contributed by atoms with Crippen molar-refractivity contribution in [1.82, 2.24) is 9.97 Å². The molecule has 0 spiro atoms. The standard InChI is InChI=1S/C11H8BrN3O2/c12-9-2-1-3-10(14-9)15-11(17)7-4-8(16)6-13-5-7/h1-6,16H,(H,14,15,17). The number of nitrogens with one attached hydrogen (secondary N) is 1. The van der Waals surface area contributed by atoms with Crippen molar-refractivity contribution in [3.63, 3.8) is 0 Å². The number of amides is 1. The summed E-state index contributed by atoms with van der Waals surface area (Å²) in [5.41, 5.74) is 0.270. The third-order valence-electron chi connectivity index (χ3n) is 1.94. The van der Waals surface area contributed by atoms with Crippen molar-refractivity contribution in [2.45, 2.75) is 0 Å². The van der Waals surface area contributed by atoms with Crippen LogP contribution in [-0.2, 0) is 0 Å². The number of anilines is 1. The number of aromatic hydroxyl groups is 1. The van der Waals surface area contributed by atoms with Gasteiger partial charge in [0.05, 0.1) is 11.8 Å². The van der Waals surface area contributed by atoms with Gasteiger partial charge in [0, 0.05) is 6.20 Å². The number of carbonyl (C=O) groups excluding carboxylic acids is 1. The molecule has 0 aliphatic carbocycles. The van der Waals surface area contributed by atoms with E-state index in [9.17, 15) is 9.90 Å². The summed E-state index contributed by atoms with van der Waals surface area (Å²) in [4.78, 5) is 19.5. The molecule has 0 saturated carbocycles. The zero-order valence-electron chi connectivity index (χ0n) is 8.59. The van der Waals surface area contributed by atoms with Gasteiger partial charge in [0.25, 0.3) is 5.91 Å². The zero-order chi connectivity index (χ0) is 12.3. The Morgan fingerprint density at radius 2 is 2.18 bits per heavy atom. The van der Waals surface area contributed by atoms with E-state index in [0.717, 1.165) is 0 Å². The summed E-state index contributed by atoms with van der Waals surface area (Å²) in [5, 5.41) is 11.8. The highest BCUT2D eigenvalue weighted by Crippen LogP contribution is 2.13. The van der Waals surface area contributed by atoms with E-state index < -0.39 is 0 Å². The second-order valence-electron chi connectivity index (χ2n) is 3.23. The molecule has 0 atom stereocenters. The average Bonchev–Trinajstić information content (AvgIpc) is 2.29. The topological polar surface area (TPSA) is 75.1 Å². The molecule has 0 aliphatic heterocycles. The van der Waals surface area contributed by atoms with Crippen LogP contribution >= 0.6 is 15.9 Å². The molecular formula is C11H8BrN3O2. The number of pyridine rings is 2. The Kier molecular flexibility index (Phi) is 3.34. The molecule has 0 radical (unpaired) electrons. The van der Waals surface area contributed by atoms with Crippen LogP contribution < -0.4 is 5.32 Å². The van der Waals surface area contributed by atoms with Crippen LogP contribution in [0.5, 0.6) is 5.75 Å².